The molecular weight excluding hydrogens is 441 g/mol. The summed E-state index contributed by atoms with van der Waals surface area (Å²) in [6, 6.07) is 6.47. The second kappa shape index (κ2) is 8.75. The number of nitrogens with one attached hydrogen (secondary N) is 2. The zero-order valence-electron chi connectivity index (χ0n) is 17.3. The fourth-order valence-corrected chi connectivity index (χ4v) is 3.41. The first-order chi connectivity index (χ1) is 15.0. The SMILES string of the molecule is CNC(=O)c1cc(F)ccc1CNC(=O)c1nc(N(C)S(C)(=O)=O)c2cccnc2c1[O-]. The van der Waals surface area contributed by atoms with Crippen LogP contribution >= 0.6 is 0 Å². The number of anilines is 1. The molecule has 168 valence electrons. The van der Waals surface area contributed by atoms with Gasteiger partial charge in [0.15, 0.2) is 5.82 Å². The molecule has 0 bridgehead atoms. The molecular formula is C20H19FN5O5S-. The molecule has 2 N–H and O–H groups in total. The van der Waals surface area contributed by atoms with E-state index >= 15 is 0 Å². The van der Waals surface area contributed by atoms with E-state index in [1.807, 2.05) is 0 Å². The van der Waals surface area contributed by atoms with Crippen molar-refractivity contribution in [2.24, 2.45) is 0 Å². The van der Waals surface area contributed by atoms with Gasteiger partial charge in [-0.25, -0.2) is 17.8 Å². The average molecular weight is 460 g/mol. The highest BCUT2D eigenvalue weighted by molar-refractivity contribution is 7.92. The van der Waals surface area contributed by atoms with Crippen LogP contribution in [-0.2, 0) is 16.6 Å². The van der Waals surface area contributed by atoms with E-state index in [0.717, 1.165) is 22.7 Å². The Morgan fingerprint density at radius 1 is 1.22 bits per heavy atom. The van der Waals surface area contributed by atoms with Gasteiger partial charge in [-0.15, -0.1) is 0 Å². The molecule has 0 aliphatic carbocycles. The molecule has 0 fully saturated rings. The van der Waals surface area contributed by atoms with Crippen LogP contribution in [0.1, 0.15) is 26.4 Å². The molecule has 2 aromatic heterocycles. The van der Waals surface area contributed by atoms with Crippen molar-refractivity contribution in [3.05, 3.63) is 59.2 Å². The van der Waals surface area contributed by atoms with Crippen LogP contribution in [0.3, 0.4) is 0 Å². The predicted molar refractivity (Wildman–Crippen MR) is 113 cm³/mol. The van der Waals surface area contributed by atoms with Crippen molar-refractivity contribution >= 4 is 38.6 Å². The molecule has 0 unspecified atom stereocenters. The zero-order chi connectivity index (χ0) is 23.6. The predicted octanol–water partition coefficient (Wildman–Crippen LogP) is 0.528. The minimum Gasteiger partial charge on any atom is -0.869 e. The number of amides is 2. The number of hydrogen-bond acceptors (Lipinski definition) is 7. The topological polar surface area (TPSA) is 144 Å². The van der Waals surface area contributed by atoms with E-state index in [1.165, 1.54) is 38.5 Å². The molecule has 12 heteroatoms. The van der Waals surface area contributed by atoms with E-state index in [-0.39, 0.29) is 28.8 Å². The fourth-order valence-electron chi connectivity index (χ4n) is 2.95. The van der Waals surface area contributed by atoms with Crippen LogP contribution in [0.15, 0.2) is 36.5 Å². The van der Waals surface area contributed by atoms with Gasteiger partial charge in [0.05, 0.1) is 11.8 Å². The lowest BCUT2D eigenvalue weighted by Gasteiger charge is -2.22. The number of halogens is 1. The van der Waals surface area contributed by atoms with Gasteiger partial charge in [0.2, 0.25) is 10.0 Å². The third-order valence-electron chi connectivity index (χ3n) is 4.69. The van der Waals surface area contributed by atoms with Crippen LogP contribution in [0.25, 0.3) is 10.9 Å². The van der Waals surface area contributed by atoms with E-state index in [4.69, 9.17) is 0 Å². The number of fused-ring (bicyclic) bond motifs is 1. The summed E-state index contributed by atoms with van der Waals surface area (Å²) in [5, 5.41) is 17.8. The third kappa shape index (κ3) is 4.44. The Balaban J connectivity index is 2.01. The first-order valence-corrected chi connectivity index (χ1v) is 11.1. The molecule has 10 nitrogen and oxygen atoms in total. The molecule has 1 aromatic carbocycles. The van der Waals surface area contributed by atoms with Gasteiger partial charge in [0.25, 0.3) is 11.8 Å². The summed E-state index contributed by atoms with van der Waals surface area (Å²) < 4.78 is 38.4. The lowest BCUT2D eigenvalue weighted by molar-refractivity contribution is -0.266. The van der Waals surface area contributed by atoms with E-state index < -0.39 is 39.1 Å². The van der Waals surface area contributed by atoms with Crippen molar-refractivity contribution in [1.82, 2.24) is 20.6 Å². The Kier molecular flexibility index (Phi) is 6.25. The summed E-state index contributed by atoms with van der Waals surface area (Å²) in [5.74, 6) is -3.00. The minimum atomic E-state index is -3.75. The fraction of sp³-hybridized carbons (Fsp3) is 0.200. The standard InChI is InChI=1S/C20H20FN5O5S/c1-22-19(28)14-9-12(21)7-6-11(14)10-24-20(29)16-17(27)15-13(5-4-8-23-15)18(25-16)26(2)32(3,30)31/h4-9,27H,10H2,1-3H3,(H,22,28)(H,24,29)/p-1. The average Bonchev–Trinajstić information content (AvgIpc) is 2.76. The second-order valence-corrected chi connectivity index (χ2v) is 8.82. The molecule has 2 heterocycles. The molecule has 0 aliphatic rings. The van der Waals surface area contributed by atoms with Gasteiger partial charge >= 0.3 is 0 Å². The summed E-state index contributed by atoms with van der Waals surface area (Å²) >= 11 is 0. The van der Waals surface area contributed by atoms with Gasteiger partial charge in [-0.05, 0) is 35.6 Å². The van der Waals surface area contributed by atoms with E-state index in [2.05, 4.69) is 20.6 Å². The monoisotopic (exact) mass is 460 g/mol. The van der Waals surface area contributed by atoms with Crippen molar-refractivity contribution in [3.8, 4) is 5.75 Å². The van der Waals surface area contributed by atoms with Gasteiger partial charge in [0, 0.05) is 37.8 Å². The quantitative estimate of drug-likeness (QED) is 0.546. The molecule has 2 amide bonds. The lowest BCUT2D eigenvalue weighted by atomic mass is 10.1. The van der Waals surface area contributed by atoms with Crippen LogP contribution in [-0.4, -0.2) is 50.6 Å². The molecule has 0 saturated heterocycles. The first kappa shape index (κ1) is 22.9. The number of benzene rings is 1. The maximum atomic E-state index is 13.5. The number of hydrogen-bond donors (Lipinski definition) is 2. The lowest BCUT2D eigenvalue weighted by Crippen LogP contribution is -2.30. The Morgan fingerprint density at radius 3 is 2.59 bits per heavy atom. The van der Waals surface area contributed by atoms with Crippen molar-refractivity contribution in [2.75, 3.05) is 24.7 Å². The molecule has 32 heavy (non-hydrogen) atoms. The summed E-state index contributed by atoms with van der Waals surface area (Å²) in [4.78, 5) is 32.8. The van der Waals surface area contributed by atoms with E-state index in [9.17, 15) is 27.5 Å². The maximum Gasteiger partial charge on any atom is 0.269 e. The van der Waals surface area contributed by atoms with E-state index in [0.29, 0.717) is 5.56 Å². The molecule has 3 rings (SSSR count). The smallest absolute Gasteiger partial charge is 0.269 e. The number of carbonyl (C=O) groups excluding carboxylic acids is 2. The van der Waals surface area contributed by atoms with Gasteiger partial charge in [-0.3, -0.25) is 18.9 Å². The Hall–Kier alpha value is -3.80. The summed E-state index contributed by atoms with van der Waals surface area (Å²) in [7, 11) is -1.13. The summed E-state index contributed by atoms with van der Waals surface area (Å²) in [6.45, 7) is -0.208. The largest absolute Gasteiger partial charge is 0.869 e. The maximum absolute atomic E-state index is 13.5. The van der Waals surface area contributed by atoms with Crippen molar-refractivity contribution in [2.45, 2.75) is 6.54 Å². The number of rotatable bonds is 6. The number of pyridine rings is 2. The number of nitrogens with zero attached hydrogens (tertiary/aromatic N) is 3. The normalized spacial score (nSPS) is 11.2. The third-order valence-corrected chi connectivity index (χ3v) is 5.86. The van der Waals surface area contributed by atoms with E-state index in [1.54, 1.807) is 0 Å². The molecule has 0 saturated carbocycles. The van der Waals surface area contributed by atoms with Gasteiger partial charge in [-0.1, -0.05) is 6.07 Å². The minimum absolute atomic E-state index is 0.0146. The second-order valence-electron chi connectivity index (χ2n) is 6.81. The Morgan fingerprint density at radius 2 is 1.94 bits per heavy atom. The molecule has 0 spiro atoms. The number of carbonyl (C=O) groups is 2. The number of aromatic nitrogens is 2. The molecule has 0 atom stereocenters. The highest BCUT2D eigenvalue weighted by Crippen LogP contribution is 2.31. The van der Waals surface area contributed by atoms with Crippen LogP contribution in [0, 0.1) is 5.82 Å². The zero-order valence-corrected chi connectivity index (χ0v) is 18.2. The van der Waals surface area contributed by atoms with Crippen molar-refractivity contribution in [3.63, 3.8) is 0 Å². The molecule has 0 aliphatic heterocycles. The van der Waals surface area contributed by atoms with Gasteiger partial charge < -0.3 is 15.7 Å². The Bertz CT molecular complexity index is 1330. The van der Waals surface area contributed by atoms with Crippen LogP contribution < -0.4 is 20.0 Å². The molecule has 3 aromatic rings. The van der Waals surface area contributed by atoms with Crippen LogP contribution in [0.4, 0.5) is 10.2 Å². The van der Waals surface area contributed by atoms with Crippen molar-refractivity contribution < 1.29 is 27.5 Å². The Labute approximate surface area is 183 Å². The molecule has 0 radical (unpaired) electrons. The van der Waals surface area contributed by atoms with Crippen LogP contribution in [0.5, 0.6) is 5.75 Å². The van der Waals surface area contributed by atoms with Gasteiger partial charge in [-0.2, -0.15) is 0 Å². The highest BCUT2D eigenvalue weighted by atomic mass is 32.2. The summed E-state index contributed by atoms with van der Waals surface area (Å²) in [5.41, 5.74) is -0.365. The number of sulfonamides is 1. The first-order valence-electron chi connectivity index (χ1n) is 9.23. The van der Waals surface area contributed by atoms with Crippen LogP contribution in [0.2, 0.25) is 0 Å². The van der Waals surface area contributed by atoms with Gasteiger partial charge in [0.1, 0.15) is 11.5 Å². The highest BCUT2D eigenvalue weighted by Gasteiger charge is 2.22. The van der Waals surface area contributed by atoms with Crippen molar-refractivity contribution in [1.29, 1.82) is 0 Å². The summed E-state index contributed by atoms with van der Waals surface area (Å²) in [6.07, 6.45) is 2.29.